The number of hydrogen-bond donors (Lipinski definition) is 2. The van der Waals surface area contributed by atoms with E-state index in [1.165, 1.54) is 32.1 Å². The van der Waals surface area contributed by atoms with Gasteiger partial charge in [-0.25, -0.2) is 0 Å². The summed E-state index contributed by atoms with van der Waals surface area (Å²) < 4.78 is 11.9. The molecule has 0 spiro atoms. The van der Waals surface area contributed by atoms with Gasteiger partial charge in [-0.1, -0.05) is 19.8 Å². The molecule has 22 heavy (non-hydrogen) atoms. The van der Waals surface area contributed by atoms with Crippen molar-refractivity contribution in [1.29, 1.82) is 0 Å². The number of halogens is 1. The third-order valence-electron chi connectivity index (χ3n) is 4.53. The van der Waals surface area contributed by atoms with Crippen LogP contribution in [0.15, 0.2) is 4.99 Å². The summed E-state index contributed by atoms with van der Waals surface area (Å²) in [4.78, 5) is 4.27. The molecular formula is C16H34IN3OS. The van der Waals surface area contributed by atoms with Gasteiger partial charge in [-0.05, 0) is 45.4 Å². The highest BCUT2D eigenvalue weighted by Gasteiger charge is 2.31. The van der Waals surface area contributed by atoms with Crippen LogP contribution in [0, 0.1) is 5.41 Å². The Hall–Kier alpha value is 0.150. The van der Waals surface area contributed by atoms with E-state index in [9.17, 15) is 4.21 Å². The van der Waals surface area contributed by atoms with Gasteiger partial charge in [0, 0.05) is 41.4 Å². The van der Waals surface area contributed by atoms with Crippen LogP contribution >= 0.6 is 24.0 Å². The molecule has 0 amide bonds. The van der Waals surface area contributed by atoms with Gasteiger partial charge in [0.25, 0.3) is 0 Å². The second-order valence-corrected chi connectivity index (χ2v) is 9.40. The van der Waals surface area contributed by atoms with Crippen LogP contribution in [0.4, 0.5) is 0 Å². The summed E-state index contributed by atoms with van der Waals surface area (Å²) in [6.45, 7) is 10.0. The van der Waals surface area contributed by atoms with Crippen molar-refractivity contribution in [2.45, 2.75) is 64.5 Å². The molecule has 0 bridgehead atoms. The van der Waals surface area contributed by atoms with Gasteiger partial charge in [-0.3, -0.25) is 9.20 Å². The fourth-order valence-electron chi connectivity index (χ4n) is 2.84. The van der Waals surface area contributed by atoms with E-state index < -0.39 is 10.8 Å². The summed E-state index contributed by atoms with van der Waals surface area (Å²) in [5, 5.41) is 6.74. The minimum Gasteiger partial charge on any atom is -0.356 e. The van der Waals surface area contributed by atoms with Gasteiger partial charge in [-0.2, -0.15) is 0 Å². The van der Waals surface area contributed by atoms with Crippen molar-refractivity contribution < 1.29 is 4.21 Å². The summed E-state index contributed by atoms with van der Waals surface area (Å²) in [5.74, 6) is 1.49. The Morgan fingerprint density at radius 1 is 1.23 bits per heavy atom. The van der Waals surface area contributed by atoms with Crippen LogP contribution in [-0.4, -0.2) is 40.8 Å². The van der Waals surface area contributed by atoms with E-state index in [1.54, 1.807) is 7.05 Å². The number of guanidine groups is 1. The van der Waals surface area contributed by atoms with Crippen molar-refractivity contribution in [2.24, 2.45) is 10.4 Å². The highest BCUT2D eigenvalue weighted by Crippen LogP contribution is 2.40. The molecule has 1 fully saturated rings. The summed E-state index contributed by atoms with van der Waals surface area (Å²) in [5.41, 5.74) is 0.450. The molecule has 0 saturated heterocycles. The summed E-state index contributed by atoms with van der Waals surface area (Å²) >= 11 is 0. The lowest BCUT2D eigenvalue weighted by Gasteiger charge is -2.28. The molecule has 0 radical (unpaired) electrons. The van der Waals surface area contributed by atoms with E-state index in [2.05, 4.69) is 22.5 Å². The lowest BCUT2D eigenvalue weighted by atomic mass is 9.83. The number of hydrogen-bond acceptors (Lipinski definition) is 2. The molecule has 1 aliphatic rings. The number of nitrogens with one attached hydrogen (secondary N) is 2. The predicted octanol–water partition coefficient (Wildman–Crippen LogP) is 3.29. The van der Waals surface area contributed by atoms with Crippen molar-refractivity contribution in [2.75, 3.05) is 25.9 Å². The Kier molecular flexibility index (Phi) is 10.2. The molecule has 132 valence electrons. The van der Waals surface area contributed by atoms with Gasteiger partial charge in [0.1, 0.15) is 0 Å². The van der Waals surface area contributed by atoms with Crippen LogP contribution in [0.3, 0.4) is 0 Å². The molecule has 1 rings (SSSR count). The van der Waals surface area contributed by atoms with Crippen molar-refractivity contribution in [1.82, 2.24) is 10.6 Å². The minimum absolute atomic E-state index is 0. The van der Waals surface area contributed by atoms with E-state index in [1.807, 2.05) is 20.8 Å². The maximum Gasteiger partial charge on any atom is 0.191 e. The minimum atomic E-state index is -0.817. The molecule has 0 heterocycles. The van der Waals surface area contributed by atoms with Crippen molar-refractivity contribution >= 4 is 40.7 Å². The maximum absolute atomic E-state index is 12.0. The zero-order valence-corrected chi connectivity index (χ0v) is 18.0. The first-order valence-corrected chi connectivity index (χ1v) is 9.48. The lowest BCUT2D eigenvalue weighted by molar-refractivity contribution is 0.283. The SMILES string of the molecule is CCC1(CNC(=NC)NCCS(=O)C(C)(C)C)CCCC1.I. The topological polar surface area (TPSA) is 53.5 Å². The van der Waals surface area contributed by atoms with Crippen molar-refractivity contribution in [3.8, 4) is 0 Å². The second-order valence-electron chi connectivity index (χ2n) is 7.08. The van der Waals surface area contributed by atoms with Gasteiger partial charge in [0.15, 0.2) is 5.96 Å². The normalized spacial score (nSPS) is 19.4. The summed E-state index contributed by atoms with van der Waals surface area (Å²) in [6.07, 6.45) is 6.58. The number of nitrogens with zero attached hydrogens (tertiary/aromatic N) is 1. The van der Waals surface area contributed by atoms with E-state index in [4.69, 9.17) is 0 Å². The van der Waals surface area contributed by atoms with Crippen LogP contribution in [0.25, 0.3) is 0 Å². The fraction of sp³-hybridized carbons (Fsp3) is 0.938. The van der Waals surface area contributed by atoms with E-state index in [-0.39, 0.29) is 28.7 Å². The molecule has 1 saturated carbocycles. The average Bonchev–Trinajstić information content (AvgIpc) is 2.90. The average molecular weight is 443 g/mol. The zero-order valence-electron chi connectivity index (χ0n) is 14.8. The summed E-state index contributed by atoms with van der Waals surface area (Å²) in [6, 6.07) is 0. The molecule has 1 unspecified atom stereocenters. The second kappa shape index (κ2) is 10.1. The maximum atomic E-state index is 12.0. The highest BCUT2D eigenvalue weighted by atomic mass is 127. The molecule has 0 aromatic carbocycles. The molecule has 0 aromatic rings. The summed E-state index contributed by atoms with van der Waals surface area (Å²) in [7, 11) is 0.978. The number of aliphatic imine (C=N–C) groups is 1. The Labute approximate surface area is 156 Å². The van der Waals surface area contributed by atoms with Crippen LogP contribution in [0.2, 0.25) is 0 Å². The third kappa shape index (κ3) is 7.15. The van der Waals surface area contributed by atoms with E-state index in [0.29, 0.717) is 17.7 Å². The Bertz CT molecular complexity index is 374. The predicted molar refractivity (Wildman–Crippen MR) is 109 cm³/mol. The standard InChI is InChI=1S/C16H33N3OS.HI/c1-6-16(9-7-8-10-16)13-19-14(17-5)18-11-12-21(20)15(2,3)4;/h6-13H2,1-5H3,(H2,17,18,19);1H. The van der Waals surface area contributed by atoms with Crippen LogP contribution in [0.5, 0.6) is 0 Å². The quantitative estimate of drug-likeness (QED) is 0.376. The van der Waals surface area contributed by atoms with Crippen molar-refractivity contribution in [3.05, 3.63) is 0 Å². The van der Waals surface area contributed by atoms with Crippen LogP contribution < -0.4 is 10.6 Å². The fourth-order valence-corrected chi connectivity index (χ4v) is 3.74. The van der Waals surface area contributed by atoms with Gasteiger partial charge < -0.3 is 10.6 Å². The van der Waals surface area contributed by atoms with Gasteiger partial charge in [0.05, 0.1) is 0 Å². The smallest absolute Gasteiger partial charge is 0.191 e. The van der Waals surface area contributed by atoms with Crippen molar-refractivity contribution in [3.63, 3.8) is 0 Å². The van der Waals surface area contributed by atoms with E-state index in [0.717, 1.165) is 12.5 Å². The molecule has 0 aromatic heterocycles. The van der Waals surface area contributed by atoms with Gasteiger partial charge in [-0.15, -0.1) is 24.0 Å². The first-order chi connectivity index (χ1) is 9.83. The molecule has 1 atom stereocenters. The molecule has 2 N–H and O–H groups in total. The highest BCUT2D eigenvalue weighted by molar-refractivity contribution is 14.0. The lowest BCUT2D eigenvalue weighted by Crippen LogP contribution is -2.44. The van der Waals surface area contributed by atoms with E-state index >= 15 is 0 Å². The van der Waals surface area contributed by atoms with Gasteiger partial charge in [0.2, 0.25) is 0 Å². The molecular weight excluding hydrogens is 409 g/mol. The molecule has 1 aliphatic carbocycles. The Morgan fingerprint density at radius 2 is 1.82 bits per heavy atom. The number of rotatable bonds is 6. The first-order valence-electron chi connectivity index (χ1n) is 8.16. The van der Waals surface area contributed by atoms with Gasteiger partial charge >= 0.3 is 0 Å². The Morgan fingerprint density at radius 3 is 2.27 bits per heavy atom. The third-order valence-corrected chi connectivity index (χ3v) is 6.47. The first kappa shape index (κ1) is 22.1. The molecule has 0 aliphatic heterocycles. The Balaban J connectivity index is 0.00000441. The monoisotopic (exact) mass is 443 g/mol. The van der Waals surface area contributed by atoms with Crippen LogP contribution in [-0.2, 0) is 10.8 Å². The zero-order chi connectivity index (χ0) is 15.9. The molecule has 6 heteroatoms. The molecule has 4 nitrogen and oxygen atoms in total. The largest absolute Gasteiger partial charge is 0.356 e. The van der Waals surface area contributed by atoms with Crippen LogP contribution in [0.1, 0.15) is 59.8 Å².